The number of aromatic nitrogens is 2. The number of nitrogens with zero attached hydrogens (tertiary/aromatic N) is 2. The minimum Gasteiger partial charge on any atom is -0.322 e. The summed E-state index contributed by atoms with van der Waals surface area (Å²) >= 11 is 0. The van der Waals surface area contributed by atoms with Crippen LogP contribution in [0.3, 0.4) is 0 Å². The van der Waals surface area contributed by atoms with E-state index in [2.05, 4.69) is 29.7 Å². The molecule has 21 heavy (non-hydrogen) atoms. The largest absolute Gasteiger partial charge is 0.322 e. The lowest BCUT2D eigenvalue weighted by Crippen LogP contribution is -2.54. The number of hydrogen-bond acceptors (Lipinski definition) is 2. The van der Waals surface area contributed by atoms with E-state index in [1.807, 2.05) is 6.20 Å². The summed E-state index contributed by atoms with van der Waals surface area (Å²) in [6.07, 6.45) is 11.5. The molecule has 4 bridgehead atoms. The van der Waals surface area contributed by atoms with E-state index in [1.165, 1.54) is 44.2 Å². The highest BCUT2D eigenvalue weighted by Gasteiger charge is 2.58. The van der Waals surface area contributed by atoms with Crippen molar-refractivity contribution in [2.75, 3.05) is 0 Å². The second-order valence-electron chi connectivity index (χ2n) is 8.59. The molecule has 4 aliphatic rings. The lowest BCUT2D eigenvalue weighted by Gasteiger charge is -2.63. The smallest absolute Gasteiger partial charge is 0.0557 e. The molecule has 4 aliphatic carbocycles. The Balaban J connectivity index is 1.67. The van der Waals surface area contributed by atoms with Crippen molar-refractivity contribution in [3.8, 4) is 0 Å². The average Bonchev–Trinajstić information content (AvgIpc) is 2.83. The standard InChI is InChI=1S/C18H29N3/c1-3-6-21-15(4-5-20-21)16(19)18-10-13-7-14(11-18)9-17(2,8-13)12-18/h4-5,13-14,16H,3,6-12,19H2,1-2H3. The first-order valence-corrected chi connectivity index (χ1v) is 8.81. The van der Waals surface area contributed by atoms with E-state index in [1.54, 1.807) is 0 Å². The molecule has 4 fully saturated rings. The van der Waals surface area contributed by atoms with Crippen molar-refractivity contribution in [2.45, 2.75) is 71.4 Å². The van der Waals surface area contributed by atoms with Crippen LogP contribution in [0, 0.1) is 22.7 Å². The maximum atomic E-state index is 6.87. The second-order valence-corrected chi connectivity index (χ2v) is 8.59. The Morgan fingerprint density at radius 1 is 1.33 bits per heavy atom. The molecule has 5 rings (SSSR count). The van der Waals surface area contributed by atoms with Crippen molar-refractivity contribution >= 4 is 0 Å². The Kier molecular flexibility index (Phi) is 3.01. The second kappa shape index (κ2) is 4.58. The molecule has 3 nitrogen and oxygen atoms in total. The molecule has 3 heteroatoms. The van der Waals surface area contributed by atoms with E-state index < -0.39 is 0 Å². The molecule has 116 valence electrons. The van der Waals surface area contributed by atoms with Gasteiger partial charge >= 0.3 is 0 Å². The van der Waals surface area contributed by atoms with Gasteiger partial charge in [0.15, 0.2) is 0 Å². The first-order chi connectivity index (χ1) is 10.0. The van der Waals surface area contributed by atoms with Crippen LogP contribution >= 0.6 is 0 Å². The van der Waals surface area contributed by atoms with E-state index in [0.717, 1.165) is 24.8 Å². The van der Waals surface area contributed by atoms with Crippen molar-refractivity contribution in [2.24, 2.45) is 28.4 Å². The zero-order valence-electron chi connectivity index (χ0n) is 13.5. The summed E-state index contributed by atoms with van der Waals surface area (Å²) in [6, 6.07) is 2.35. The van der Waals surface area contributed by atoms with E-state index in [9.17, 15) is 0 Å². The lowest BCUT2D eigenvalue weighted by molar-refractivity contribution is -0.114. The predicted molar refractivity (Wildman–Crippen MR) is 84.7 cm³/mol. The third-order valence-electron chi connectivity index (χ3n) is 6.56. The van der Waals surface area contributed by atoms with Gasteiger partial charge in [-0.05, 0) is 73.7 Å². The van der Waals surface area contributed by atoms with Gasteiger partial charge in [0.25, 0.3) is 0 Å². The van der Waals surface area contributed by atoms with Crippen LogP contribution < -0.4 is 5.73 Å². The van der Waals surface area contributed by atoms with Crippen molar-refractivity contribution in [1.29, 1.82) is 0 Å². The number of hydrogen-bond donors (Lipinski definition) is 1. The quantitative estimate of drug-likeness (QED) is 0.912. The Morgan fingerprint density at radius 3 is 2.67 bits per heavy atom. The van der Waals surface area contributed by atoms with Crippen LogP contribution in [0.1, 0.15) is 70.5 Å². The number of aryl methyl sites for hydroxylation is 1. The predicted octanol–water partition coefficient (Wildman–Crippen LogP) is 3.90. The molecule has 1 aromatic rings. The highest BCUT2D eigenvalue weighted by molar-refractivity contribution is 5.17. The van der Waals surface area contributed by atoms with E-state index in [-0.39, 0.29) is 6.04 Å². The van der Waals surface area contributed by atoms with Crippen LogP contribution in [0.5, 0.6) is 0 Å². The van der Waals surface area contributed by atoms with Gasteiger partial charge in [0.1, 0.15) is 0 Å². The van der Waals surface area contributed by atoms with Gasteiger partial charge in [0, 0.05) is 12.7 Å². The van der Waals surface area contributed by atoms with Crippen LogP contribution in [-0.2, 0) is 6.54 Å². The van der Waals surface area contributed by atoms with E-state index in [0.29, 0.717) is 10.8 Å². The maximum Gasteiger partial charge on any atom is 0.0557 e. The summed E-state index contributed by atoms with van der Waals surface area (Å²) in [6.45, 7) is 5.73. The fourth-order valence-electron chi connectivity index (χ4n) is 6.48. The molecule has 0 spiro atoms. The number of nitrogens with two attached hydrogens (primary N) is 1. The molecule has 0 saturated heterocycles. The molecule has 4 saturated carbocycles. The summed E-state index contributed by atoms with van der Waals surface area (Å²) in [5.74, 6) is 1.87. The Bertz CT molecular complexity index is 518. The minimum absolute atomic E-state index is 0.178. The summed E-state index contributed by atoms with van der Waals surface area (Å²) in [7, 11) is 0. The van der Waals surface area contributed by atoms with Crippen LogP contribution in [0.15, 0.2) is 12.3 Å². The SMILES string of the molecule is CCCn1nccc1C(N)C12CC3CC(CC(C)(C3)C1)C2. The topological polar surface area (TPSA) is 43.8 Å². The molecule has 1 heterocycles. The van der Waals surface area contributed by atoms with Crippen LogP contribution in [0.2, 0.25) is 0 Å². The van der Waals surface area contributed by atoms with Crippen molar-refractivity contribution in [3.63, 3.8) is 0 Å². The number of rotatable bonds is 4. The first kappa shape index (κ1) is 13.8. The highest BCUT2D eigenvalue weighted by Crippen LogP contribution is 2.67. The molecular formula is C18H29N3. The maximum absolute atomic E-state index is 6.87. The van der Waals surface area contributed by atoms with Gasteiger partial charge < -0.3 is 5.73 Å². The van der Waals surface area contributed by atoms with Crippen LogP contribution in [0.4, 0.5) is 0 Å². The lowest BCUT2D eigenvalue weighted by atomic mass is 9.43. The monoisotopic (exact) mass is 287 g/mol. The minimum atomic E-state index is 0.178. The zero-order chi connectivity index (χ0) is 14.7. The molecule has 0 radical (unpaired) electrons. The van der Waals surface area contributed by atoms with Crippen molar-refractivity contribution in [1.82, 2.24) is 9.78 Å². The van der Waals surface area contributed by atoms with Gasteiger partial charge in [-0.3, -0.25) is 4.68 Å². The molecule has 0 aliphatic heterocycles. The molecule has 0 amide bonds. The fourth-order valence-corrected chi connectivity index (χ4v) is 6.48. The van der Waals surface area contributed by atoms with Crippen molar-refractivity contribution < 1.29 is 0 Å². The Hall–Kier alpha value is -0.830. The Morgan fingerprint density at radius 2 is 2.05 bits per heavy atom. The van der Waals surface area contributed by atoms with Gasteiger partial charge in [0.2, 0.25) is 0 Å². The third kappa shape index (κ3) is 2.08. The van der Waals surface area contributed by atoms with Crippen LogP contribution in [-0.4, -0.2) is 9.78 Å². The molecule has 2 N–H and O–H groups in total. The van der Waals surface area contributed by atoms with E-state index >= 15 is 0 Å². The third-order valence-corrected chi connectivity index (χ3v) is 6.56. The molecule has 0 aromatic carbocycles. The summed E-state index contributed by atoms with van der Waals surface area (Å²) in [5, 5.41) is 4.51. The van der Waals surface area contributed by atoms with Gasteiger partial charge in [-0.25, -0.2) is 0 Å². The van der Waals surface area contributed by atoms with Gasteiger partial charge in [0.05, 0.1) is 11.7 Å². The first-order valence-electron chi connectivity index (χ1n) is 8.81. The van der Waals surface area contributed by atoms with Gasteiger partial charge in [-0.1, -0.05) is 13.8 Å². The Labute approximate surface area is 128 Å². The highest BCUT2D eigenvalue weighted by atomic mass is 15.3. The van der Waals surface area contributed by atoms with Gasteiger partial charge in [-0.2, -0.15) is 5.10 Å². The van der Waals surface area contributed by atoms with Gasteiger partial charge in [-0.15, -0.1) is 0 Å². The molecule has 3 atom stereocenters. The van der Waals surface area contributed by atoms with Crippen molar-refractivity contribution in [3.05, 3.63) is 18.0 Å². The molecule has 3 unspecified atom stereocenters. The van der Waals surface area contributed by atoms with Crippen LogP contribution in [0.25, 0.3) is 0 Å². The molecule has 1 aromatic heterocycles. The average molecular weight is 287 g/mol. The summed E-state index contributed by atoms with van der Waals surface area (Å²) < 4.78 is 2.16. The normalized spacial score (nSPS) is 42.4. The summed E-state index contributed by atoms with van der Waals surface area (Å²) in [4.78, 5) is 0. The summed E-state index contributed by atoms with van der Waals surface area (Å²) in [5.41, 5.74) is 9.07. The fraction of sp³-hybridized carbons (Fsp3) is 0.833. The van der Waals surface area contributed by atoms with E-state index in [4.69, 9.17) is 5.73 Å². The molecular weight excluding hydrogens is 258 g/mol. The zero-order valence-corrected chi connectivity index (χ0v) is 13.5.